The summed E-state index contributed by atoms with van der Waals surface area (Å²) in [6, 6.07) is 6.26. The third kappa shape index (κ3) is 3.50. The summed E-state index contributed by atoms with van der Waals surface area (Å²) in [6.07, 6.45) is 0.190. The molecule has 0 saturated heterocycles. The molecule has 0 atom stereocenters. The van der Waals surface area contributed by atoms with Gasteiger partial charge in [-0.05, 0) is 61.7 Å². The van der Waals surface area contributed by atoms with Gasteiger partial charge >= 0.3 is 0 Å². The van der Waals surface area contributed by atoms with E-state index in [4.69, 9.17) is 0 Å². The molecule has 0 spiro atoms. The van der Waals surface area contributed by atoms with E-state index >= 15 is 0 Å². The maximum Gasteiger partial charge on any atom is 0.177 e. The molecule has 94 valence electrons. The van der Waals surface area contributed by atoms with Gasteiger partial charge in [-0.25, -0.2) is 4.39 Å². The molecule has 1 heterocycles. The summed E-state index contributed by atoms with van der Waals surface area (Å²) >= 11 is 11.3. The third-order valence-corrected chi connectivity index (χ3v) is 5.96. The molecule has 0 fully saturated rings. The molecule has 0 aliphatic carbocycles. The smallest absolute Gasteiger partial charge is 0.177 e. The van der Waals surface area contributed by atoms with Crippen molar-refractivity contribution < 1.29 is 9.18 Å². The van der Waals surface area contributed by atoms with E-state index in [1.165, 1.54) is 23.5 Å². The summed E-state index contributed by atoms with van der Waals surface area (Å²) in [5.41, 5.74) is 0.660. The first kappa shape index (κ1) is 14.4. The van der Waals surface area contributed by atoms with Gasteiger partial charge in [0.15, 0.2) is 5.78 Å². The predicted molar refractivity (Wildman–Crippen MR) is 81.9 cm³/mol. The summed E-state index contributed by atoms with van der Waals surface area (Å²) in [6.45, 7) is 0. The Labute approximate surface area is 133 Å². The van der Waals surface area contributed by atoms with E-state index in [1.54, 1.807) is 12.1 Å². The molecular weight excluding hydrogens is 451 g/mol. The lowest BCUT2D eigenvalue weighted by atomic mass is 10.1. The number of halogens is 4. The van der Waals surface area contributed by atoms with Crippen molar-refractivity contribution in [1.29, 1.82) is 0 Å². The van der Waals surface area contributed by atoms with Crippen molar-refractivity contribution in [3.05, 3.63) is 53.3 Å². The second-order valence-electron chi connectivity index (χ2n) is 3.61. The Balaban J connectivity index is 2.21. The van der Waals surface area contributed by atoms with E-state index in [0.717, 1.165) is 8.26 Å². The van der Waals surface area contributed by atoms with Crippen LogP contribution in [0.25, 0.3) is 0 Å². The maximum absolute atomic E-state index is 13.2. The summed E-state index contributed by atoms with van der Waals surface area (Å²) in [5, 5.41) is 0. The van der Waals surface area contributed by atoms with Crippen LogP contribution in [-0.2, 0) is 6.42 Å². The second-order valence-corrected chi connectivity index (χ2v) is 7.75. The van der Waals surface area contributed by atoms with Crippen LogP contribution < -0.4 is 0 Å². The van der Waals surface area contributed by atoms with Crippen LogP contribution in [0, 0.1) is 5.82 Å². The van der Waals surface area contributed by atoms with E-state index in [-0.39, 0.29) is 18.0 Å². The summed E-state index contributed by atoms with van der Waals surface area (Å²) in [7, 11) is 0. The van der Waals surface area contributed by atoms with Gasteiger partial charge in [0.2, 0.25) is 0 Å². The lowest BCUT2D eigenvalue weighted by Gasteiger charge is -2.01. The van der Waals surface area contributed by atoms with Crippen LogP contribution in [0.3, 0.4) is 0 Å². The van der Waals surface area contributed by atoms with Crippen molar-refractivity contribution in [3.8, 4) is 0 Å². The first-order chi connectivity index (χ1) is 8.45. The number of carbonyl (C=O) groups is 1. The highest BCUT2D eigenvalue weighted by Gasteiger charge is 2.13. The largest absolute Gasteiger partial charge is 0.293 e. The van der Waals surface area contributed by atoms with E-state index in [1.807, 2.05) is 0 Å². The normalized spacial score (nSPS) is 10.7. The van der Waals surface area contributed by atoms with Gasteiger partial charge in [0.05, 0.1) is 8.66 Å². The standard InChI is InChI=1S/C12H6Br3FOS/c13-7-1-6(2-8(16)4-7)3-10(17)11-5-9(14)12(15)18-11/h1-2,4-5H,3H2. The first-order valence-corrected chi connectivity index (χ1v) is 8.08. The Hall–Kier alpha value is -0.0400. The van der Waals surface area contributed by atoms with Crippen LogP contribution in [0.4, 0.5) is 4.39 Å². The Kier molecular flexibility index (Phi) is 4.75. The number of hydrogen-bond donors (Lipinski definition) is 0. The lowest BCUT2D eigenvalue weighted by Crippen LogP contribution is -2.01. The quantitative estimate of drug-likeness (QED) is 0.549. The fourth-order valence-electron chi connectivity index (χ4n) is 1.47. The summed E-state index contributed by atoms with van der Waals surface area (Å²) in [5.74, 6) is -0.371. The van der Waals surface area contributed by atoms with Gasteiger partial charge in [0.25, 0.3) is 0 Å². The second kappa shape index (κ2) is 5.94. The van der Waals surface area contributed by atoms with Gasteiger partial charge in [-0.2, -0.15) is 0 Å². The molecule has 1 aromatic carbocycles. The fourth-order valence-corrected chi connectivity index (χ4v) is 3.96. The minimum atomic E-state index is -0.347. The third-order valence-electron chi connectivity index (χ3n) is 2.21. The van der Waals surface area contributed by atoms with Crippen molar-refractivity contribution in [3.63, 3.8) is 0 Å². The number of ketones is 1. The monoisotopic (exact) mass is 454 g/mol. The van der Waals surface area contributed by atoms with Crippen LogP contribution >= 0.6 is 59.1 Å². The Morgan fingerprint density at radius 3 is 2.44 bits per heavy atom. The SMILES string of the molecule is O=C(Cc1cc(F)cc(Br)c1)c1cc(Br)c(Br)s1. The average Bonchev–Trinajstić information content (AvgIpc) is 2.57. The Bertz CT molecular complexity index is 570. The van der Waals surface area contributed by atoms with Crippen LogP contribution in [0.1, 0.15) is 15.2 Å². The number of Topliss-reactive ketones (excluding diaryl/α,β-unsaturated/α-hetero) is 1. The summed E-state index contributed by atoms with van der Waals surface area (Å²) < 4.78 is 15.6. The number of hydrogen-bond acceptors (Lipinski definition) is 2. The molecule has 1 aromatic heterocycles. The average molecular weight is 457 g/mol. The van der Waals surface area contributed by atoms with Gasteiger partial charge in [0.1, 0.15) is 5.82 Å². The number of thiophene rings is 1. The lowest BCUT2D eigenvalue weighted by molar-refractivity contribution is 0.0997. The van der Waals surface area contributed by atoms with E-state index < -0.39 is 0 Å². The molecule has 0 N–H and O–H groups in total. The molecule has 2 aromatic rings. The van der Waals surface area contributed by atoms with Crippen molar-refractivity contribution in [2.24, 2.45) is 0 Å². The van der Waals surface area contributed by atoms with Gasteiger partial charge in [-0.3, -0.25) is 4.79 Å². The molecule has 0 aliphatic heterocycles. The molecule has 0 unspecified atom stereocenters. The Morgan fingerprint density at radius 2 is 1.89 bits per heavy atom. The number of carbonyl (C=O) groups excluding carboxylic acids is 1. The molecule has 0 saturated carbocycles. The topological polar surface area (TPSA) is 17.1 Å². The first-order valence-electron chi connectivity index (χ1n) is 4.88. The van der Waals surface area contributed by atoms with Crippen LogP contribution in [0.2, 0.25) is 0 Å². The molecule has 6 heteroatoms. The molecule has 0 bridgehead atoms. The number of benzene rings is 1. The van der Waals surface area contributed by atoms with Gasteiger partial charge < -0.3 is 0 Å². The number of rotatable bonds is 3. The van der Waals surface area contributed by atoms with Crippen molar-refractivity contribution >= 4 is 64.9 Å². The highest BCUT2D eigenvalue weighted by molar-refractivity contribution is 9.13. The molecule has 0 radical (unpaired) electrons. The van der Waals surface area contributed by atoms with E-state index in [0.29, 0.717) is 14.9 Å². The molecule has 0 aliphatic rings. The zero-order chi connectivity index (χ0) is 13.3. The van der Waals surface area contributed by atoms with Gasteiger partial charge in [0, 0.05) is 15.4 Å². The minimum absolute atomic E-state index is 0.0242. The predicted octanol–water partition coefficient (Wildman–Crippen LogP) is 5.60. The molecule has 0 amide bonds. The molecule has 1 nitrogen and oxygen atoms in total. The molecular formula is C12H6Br3FOS. The van der Waals surface area contributed by atoms with Gasteiger partial charge in [-0.1, -0.05) is 15.9 Å². The minimum Gasteiger partial charge on any atom is -0.293 e. The fraction of sp³-hybridized carbons (Fsp3) is 0.0833. The maximum atomic E-state index is 13.2. The van der Waals surface area contributed by atoms with Crippen molar-refractivity contribution in [2.75, 3.05) is 0 Å². The van der Waals surface area contributed by atoms with Crippen LogP contribution in [0.15, 0.2) is 37.0 Å². The zero-order valence-electron chi connectivity index (χ0n) is 8.84. The molecule has 2 rings (SSSR count). The van der Waals surface area contributed by atoms with E-state index in [2.05, 4.69) is 47.8 Å². The molecule has 18 heavy (non-hydrogen) atoms. The van der Waals surface area contributed by atoms with Crippen molar-refractivity contribution in [2.45, 2.75) is 6.42 Å². The van der Waals surface area contributed by atoms with Crippen molar-refractivity contribution in [1.82, 2.24) is 0 Å². The van der Waals surface area contributed by atoms with Crippen LogP contribution in [-0.4, -0.2) is 5.78 Å². The zero-order valence-corrected chi connectivity index (χ0v) is 14.4. The highest BCUT2D eigenvalue weighted by Crippen LogP contribution is 2.33. The van der Waals surface area contributed by atoms with E-state index in [9.17, 15) is 9.18 Å². The Morgan fingerprint density at radius 1 is 1.17 bits per heavy atom. The van der Waals surface area contributed by atoms with Crippen LogP contribution in [0.5, 0.6) is 0 Å². The van der Waals surface area contributed by atoms with Gasteiger partial charge in [-0.15, -0.1) is 11.3 Å². The summed E-state index contributed by atoms with van der Waals surface area (Å²) in [4.78, 5) is 12.7. The highest BCUT2D eigenvalue weighted by atomic mass is 79.9.